The fraction of sp³-hybridized carbons (Fsp3) is 0.474. The van der Waals surface area contributed by atoms with Crippen LogP contribution < -0.4 is 10.1 Å². The highest BCUT2D eigenvalue weighted by molar-refractivity contribution is 6.02. The standard InChI is InChI=1S/C19H23NO3/c1-4-23-13-7-5-12(6-8-13)14-9-17(22)20-15-10-19(2,3)11-16(21)18(14)15/h5-8,14H,4,9-11H2,1-3H3,(H,20,22)/t14-/m0/s1. The van der Waals surface area contributed by atoms with Gasteiger partial charge in [0.1, 0.15) is 5.75 Å². The van der Waals surface area contributed by atoms with Crippen LogP contribution in [0.2, 0.25) is 0 Å². The van der Waals surface area contributed by atoms with Crippen molar-refractivity contribution in [3.05, 3.63) is 41.1 Å². The number of ketones is 1. The van der Waals surface area contributed by atoms with E-state index in [2.05, 4.69) is 19.2 Å². The average Bonchev–Trinajstić information content (AvgIpc) is 2.45. The Morgan fingerprint density at radius 1 is 1.17 bits per heavy atom. The summed E-state index contributed by atoms with van der Waals surface area (Å²) in [7, 11) is 0. The zero-order chi connectivity index (χ0) is 16.6. The van der Waals surface area contributed by atoms with Gasteiger partial charge in [0.2, 0.25) is 5.91 Å². The van der Waals surface area contributed by atoms with Crippen LogP contribution in [0.1, 0.15) is 51.5 Å². The third kappa shape index (κ3) is 3.16. The molecule has 1 amide bonds. The van der Waals surface area contributed by atoms with Crippen molar-refractivity contribution in [2.45, 2.75) is 46.0 Å². The largest absolute Gasteiger partial charge is 0.494 e. The number of carbonyl (C=O) groups excluding carboxylic acids is 2. The molecule has 4 nitrogen and oxygen atoms in total. The number of carbonyl (C=O) groups is 2. The molecule has 0 spiro atoms. The minimum absolute atomic E-state index is 0.00636. The van der Waals surface area contributed by atoms with Crippen LogP contribution in [0.15, 0.2) is 35.5 Å². The van der Waals surface area contributed by atoms with Crippen molar-refractivity contribution in [1.82, 2.24) is 5.32 Å². The van der Waals surface area contributed by atoms with Crippen LogP contribution in [0, 0.1) is 5.41 Å². The summed E-state index contributed by atoms with van der Waals surface area (Å²) in [6.07, 6.45) is 1.61. The smallest absolute Gasteiger partial charge is 0.225 e. The maximum absolute atomic E-state index is 12.7. The molecule has 1 aromatic carbocycles. The Morgan fingerprint density at radius 2 is 1.87 bits per heavy atom. The summed E-state index contributed by atoms with van der Waals surface area (Å²) in [6, 6.07) is 7.74. The molecule has 0 unspecified atom stereocenters. The van der Waals surface area contributed by atoms with Crippen molar-refractivity contribution in [2.24, 2.45) is 5.41 Å². The molecule has 0 bridgehead atoms. The molecule has 122 valence electrons. The van der Waals surface area contributed by atoms with Crippen LogP contribution in [0.4, 0.5) is 0 Å². The minimum atomic E-state index is -0.141. The van der Waals surface area contributed by atoms with E-state index in [1.807, 2.05) is 31.2 Å². The summed E-state index contributed by atoms with van der Waals surface area (Å²) >= 11 is 0. The number of rotatable bonds is 3. The van der Waals surface area contributed by atoms with Crippen LogP contribution in [0.25, 0.3) is 0 Å². The van der Waals surface area contributed by atoms with E-state index in [9.17, 15) is 9.59 Å². The molecule has 0 radical (unpaired) electrons. The predicted octanol–water partition coefficient (Wildman–Crippen LogP) is 3.33. The molecule has 1 N–H and O–H groups in total. The van der Waals surface area contributed by atoms with Crippen molar-refractivity contribution in [2.75, 3.05) is 6.61 Å². The van der Waals surface area contributed by atoms with Crippen molar-refractivity contribution in [3.8, 4) is 5.75 Å². The highest BCUT2D eigenvalue weighted by Crippen LogP contribution is 2.44. The van der Waals surface area contributed by atoms with Gasteiger partial charge in [0, 0.05) is 30.0 Å². The van der Waals surface area contributed by atoms with Gasteiger partial charge >= 0.3 is 0 Å². The van der Waals surface area contributed by atoms with E-state index in [-0.39, 0.29) is 23.0 Å². The van der Waals surface area contributed by atoms with Gasteiger partial charge in [-0.1, -0.05) is 26.0 Å². The maximum Gasteiger partial charge on any atom is 0.225 e. The van der Waals surface area contributed by atoms with Crippen LogP contribution >= 0.6 is 0 Å². The third-order valence-corrected chi connectivity index (χ3v) is 4.54. The van der Waals surface area contributed by atoms with Gasteiger partial charge in [-0.15, -0.1) is 0 Å². The van der Waals surface area contributed by atoms with Gasteiger partial charge in [0.05, 0.1) is 6.61 Å². The zero-order valence-corrected chi connectivity index (χ0v) is 13.9. The molecular formula is C19H23NO3. The van der Waals surface area contributed by atoms with Gasteiger partial charge < -0.3 is 10.1 Å². The van der Waals surface area contributed by atoms with E-state index in [0.717, 1.165) is 29.0 Å². The molecule has 1 aliphatic carbocycles. The molecule has 4 heteroatoms. The molecule has 1 heterocycles. The second-order valence-electron chi connectivity index (χ2n) is 7.14. The number of hydrogen-bond donors (Lipinski definition) is 1. The van der Waals surface area contributed by atoms with Crippen LogP contribution in [-0.2, 0) is 9.59 Å². The normalized spacial score (nSPS) is 23.3. The molecule has 1 aromatic rings. The minimum Gasteiger partial charge on any atom is -0.494 e. The highest BCUT2D eigenvalue weighted by Gasteiger charge is 2.40. The second kappa shape index (κ2) is 5.84. The summed E-state index contributed by atoms with van der Waals surface area (Å²) in [5.74, 6) is 0.822. The van der Waals surface area contributed by atoms with Crippen molar-refractivity contribution in [3.63, 3.8) is 0 Å². The number of hydrogen-bond acceptors (Lipinski definition) is 3. The topological polar surface area (TPSA) is 55.4 Å². The fourth-order valence-corrected chi connectivity index (χ4v) is 3.60. The van der Waals surface area contributed by atoms with Gasteiger partial charge in [0.25, 0.3) is 0 Å². The van der Waals surface area contributed by atoms with E-state index in [1.165, 1.54) is 0 Å². The summed E-state index contributed by atoms with van der Waals surface area (Å²) in [5, 5.41) is 2.93. The molecule has 23 heavy (non-hydrogen) atoms. The number of ether oxygens (including phenoxy) is 1. The highest BCUT2D eigenvalue weighted by atomic mass is 16.5. The van der Waals surface area contributed by atoms with E-state index in [1.54, 1.807) is 0 Å². The monoisotopic (exact) mass is 313 g/mol. The molecule has 0 fully saturated rings. The first-order valence-electron chi connectivity index (χ1n) is 8.18. The molecule has 0 aromatic heterocycles. The Labute approximate surface area is 136 Å². The number of nitrogens with one attached hydrogen (secondary N) is 1. The summed E-state index contributed by atoms with van der Waals surface area (Å²) in [4.78, 5) is 24.8. The van der Waals surface area contributed by atoms with Crippen molar-refractivity contribution < 1.29 is 14.3 Å². The quantitative estimate of drug-likeness (QED) is 0.931. The molecular weight excluding hydrogens is 290 g/mol. The van der Waals surface area contributed by atoms with Gasteiger partial charge in [0.15, 0.2) is 5.78 Å². The zero-order valence-electron chi connectivity index (χ0n) is 13.9. The third-order valence-electron chi connectivity index (χ3n) is 4.54. The second-order valence-corrected chi connectivity index (χ2v) is 7.14. The summed E-state index contributed by atoms with van der Waals surface area (Å²) in [5.41, 5.74) is 2.53. The fourth-order valence-electron chi connectivity index (χ4n) is 3.60. The van der Waals surface area contributed by atoms with E-state index < -0.39 is 0 Å². The molecule has 1 atom stereocenters. The van der Waals surface area contributed by atoms with Gasteiger partial charge in [-0.05, 0) is 36.5 Å². The first kappa shape index (κ1) is 15.8. The molecule has 1 aliphatic heterocycles. The number of Topliss-reactive ketones (excluding diaryl/α,β-unsaturated/α-hetero) is 1. The first-order valence-corrected chi connectivity index (χ1v) is 8.18. The van der Waals surface area contributed by atoms with E-state index in [0.29, 0.717) is 19.4 Å². The molecule has 0 saturated carbocycles. The average molecular weight is 313 g/mol. The lowest BCUT2D eigenvalue weighted by Gasteiger charge is -2.37. The molecule has 0 saturated heterocycles. The lowest BCUT2D eigenvalue weighted by atomic mass is 9.70. The van der Waals surface area contributed by atoms with Crippen molar-refractivity contribution in [1.29, 1.82) is 0 Å². The maximum atomic E-state index is 12.7. The van der Waals surface area contributed by atoms with Gasteiger partial charge in [-0.3, -0.25) is 9.59 Å². The van der Waals surface area contributed by atoms with Crippen LogP contribution in [0.5, 0.6) is 5.75 Å². The first-order chi connectivity index (χ1) is 10.9. The lowest BCUT2D eigenvalue weighted by Crippen LogP contribution is -2.40. The Morgan fingerprint density at radius 3 is 2.52 bits per heavy atom. The van der Waals surface area contributed by atoms with Crippen LogP contribution in [0.3, 0.4) is 0 Å². The van der Waals surface area contributed by atoms with Crippen LogP contribution in [-0.4, -0.2) is 18.3 Å². The number of amides is 1. The van der Waals surface area contributed by atoms with E-state index in [4.69, 9.17) is 4.74 Å². The summed E-state index contributed by atoms with van der Waals surface area (Å²) < 4.78 is 5.47. The Kier molecular flexibility index (Phi) is 4.00. The lowest BCUT2D eigenvalue weighted by molar-refractivity contribution is -0.122. The Hall–Kier alpha value is -2.10. The Balaban J connectivity index is 1.97. The van der Waals surface area contributed by atoms with Gasteiger partial charge in [-0.2, -0.15) is 0 Å². The Bertz CT molecular complexity index is 670. The SMILES string of the molecule is CCOc1ccc([C@@H]2CC(=O)NC3=C2C(=O)CC(C)(C)C3)cc1. The predicted molar refractivity (Wildman–Crippen MR) is 88.2 cm³/mol. The molecule has 3 rings (SSSR count). The number of allylic oxidation sites excluding steroid dienone is 2. The molecule has 2 aliphatic rings. The summed E-state index contributed by atoms with van der Waals surface area (Å²) in [6.45, 7) is 6.70. The van der Waals surface area contributed by atoms with E-state index >= 15 is 0 Å². The number of benzene rings is 1. The van der Waals surface area contributed by atoms with Crippen molar-refractivity contribution >= 4 is 11.7 Å². The van der Waals surface area contributed by atoms with Gasteiger partial charge in [-0.25, -0.2) is 0 Å².